The zero-order chi connectivity index (χ0) is 12.6. The van der Waals surface area contributed by atoms with E-state index in [1.165, 1.54) is 0 Å². The number of pyridine rings is 1. The number of hydrogen-bond donors (Lipinski definition) is 1. The van der Waals surface area contributed by atoms with E-state index in [9.17, 15) is 9.90 Å². The molecule has 0 aliphatic carbocycles. The Morgan fingerprint density at radius 2 is 2.12 bits per heavy atom. The molecule has 1 heterocycles. The maximum Gasteiger partial charge on any atom is 0.336 e. The molecule has 3 nitrogen and oxygen atoms in total. The number of hydrogen-bond acceptors (Lipinski definition) is 2. The lowest BCUT2D eigenvalue weighted by atomic mass is 10.0. The van der Waals surface area contributed by atoms with Gasteiger partial charge in [-0.25, -0.2) is 4.79 Å². The van der Waals surface area contributed by atoms with E-state index >= 15 is 0 Å². The summed E-state index contributed by atoms with van der Waals surface area (Å²) in [5.41, 5.74) is 3.00. The predicted octanol–water partition coefficient (Wildman–Crippen LogP) is 2.53. The molecule has 0 fully saturated rings. The van der Waals surface area contributed by atoms with Crippen LogP contribution in [0.1, 0.15) is 27.2 Å². The van der Waals surface area contributed by atoms with Gasteiger partial charge in [0.05, 0.1) is 11.1 Å². The molecule has 2 rings (SSSR count). The fraction of sp³-hybridized carbons (Fsp3) is 0.143. The summed E-state index contributed by atoms with van der Waals surface area (Å²) in [7, 11) is 0. The lowest BCUT2D eigenvalue weighted by molar-refractivity contribution is 0.0698. The monoisotopic (exact) mass is 225 g/mol. The minimum Gasteiger partial charge on any atom is -0.478 e. The van der Waals surface area contributed by atoms with E-state index in [2.05, 4.69) is 10.9 Å². The van der Waals surface area contributed by atoms with Gasteiger partial charge in [-0.05, 0) is 37.6 Å². The lowest BCUT2D eigenvalue weighted by Gasteiger charge is -2.09. The first-order valence-electron chi connectivity index (χ1n) is 5.15. The van der Waals surface area contributed by atoms with Crippen molar-refractivity contribution in [1.82, 2.24) is 4.98 Å². The van der Waals surface area contributed by atoms with Crippen molar-refractivity contribution in [3.8, 4) is 12.3 Å². The Hall–Kier alpha value is -2.34. The van der Waals surface area contributed by atoms with E-state index in [-0.39, 0.29) is 5.56 Å². The van der Waals surface area contributed by atoms with Crippen LogP contribution in [0.5, 0.6) is 0 Å². The van der Waals surface area contributed by atoms with Gasteiger partial charge in [0.25, 0.3) is 0 Å². The molecule has 0 aliphatic heterocycles. The molecule has 0 spiro atoms. The highest BCUT2D eigenvalue weighted by Gasteiger charge is 2.15. The Labute approximate surface area is 99.1 Å². The summed E-state index contributed by atoms with van der Waals surface area (Å²) >= 11 is 0. The second-order valence-electron chi connectivity index (χ2n) is 3.88. The first-order chi connectivity index (χ1) is 8.04. The molecule has 0 amide bonds. The number of aromatic carboxylic acids is 1. The molecule has 1 aromatic carbocycles. The highest BCUT2D eigenvalue weighted by atomic mass is 16.4. The van der Waals surface area contributed by atoms with Crippen LogP contribution < -0.4 is 0 Å². The normalized spacial score (nSPS) is 10.2. The van der Waals surface area contributed by atoms with Gasteiger partial charge in [0.2, 0.25) is 0 Å². The minimum atomic E-state index is -0.952. The number of carbonyl (C=O) groups is 1. The highest BCUT2D eigenvalue weighted by Crippen LogP contribution is 2.23. The largest absolute Gasteiger partial charge is 0.478 e. The summed E-state index contributed by atoms with van der Waals surface area (Å²) in [4.78, 5) is 15.7. The van der Waals surface area contributed by atoms with Gasteiger partial charge < -0.3 is 5.11 Å². The number of fused-ring (bicyclic) bond motifs is 1. The maximum absolute atomic E-state index is 11.3. The van der Waals surface area contributed by atoms with Gasteiger partial charge in [-0.2, -0.15) is 0 Å². The number of carboxylic acid groups (broad SMARTS) is 1. The van der Waals surface area contributed by atoms with E-state index in [0.717, 1.165) is 5.69 Å². The number of carboxylic acids is 1. The second-order valence-corrected chi connectivity index (χ2v) is 3.88. The van der Waals surface area contributed by atoms with E-state index in [1.807, 2.05) is 0 Å². The van der Waals surface area contributed by atoms with Crippen molar-refractivity contribution in [3.05, 3.63) is 40.6 Å². The third kappa shape index (κ3) is 1.74. The average molecular weight is 225 g/mol. The fourth-order valence-corrected chi connectivity index (χ4v) is 1.85. The molecule has 3 heteroatoms. The number of rotatable bonds is 1. The van der Waals surface area contributed by atoms with Crippen LogP contribution in [0.2, 0.25) is 0 Å². The second kappa shape index (κ2) is 3.91. The van der Waals surface area contributed by atoms with Crippen LogP contribution in [0.15, 0.2) is 18.2 Å². The number of aryl methyl sites for hydroxylation is 1. The molecule has 17 heavy (non-hydrogen) atoms. The molecule has 0 aliphatic rings. The Balaban J connectivity index is 2.95. The number of aromatic nitrogens is 1. The molecule has 0 saturated carbocycles. The molecule has 1 N–H and O–H groups in total. The molecule has 84 valence electrons. The smallest absolute Gasteiger partial charge is 0.336 e. The molecular weight excluding hydrogens is 214 g/mol. The molecule has 0 radical (unpaired) electrons. The van der Waals surface area contributed by atoms with Crippen molar-refractivity contribution < 1.29 is 9.90 Å². The fourth-order valence-electron chi connectivity index (χ4n) is 1.85. The minimum absolute atomic E-state index is 0.282. The van der Waals surface area contributed by atoms with E-state index in [0.29, 0.717) is 22.0 Å². The van der Waals surface area contributed by atoms with Crippen molar-refractivity contribution >= 4 is 16.9 Å². The van der Waals surface area contributed by atoms with Gasteiger partial charge in [-0.15, -0.1) is 6.42 Å². The first kappa shape index (κ1) is 11.2. The van der Waals surface area contributed by atoms with Gasteiger partial charge in [0, 0.05) is 16.6 Å². The van der Waals surface area contributed by atoms with Gasteiger partial charge in [-0.3, -0.25) is 4.98 Å². The summed E-state index contributed by atoms with van der Waals surface area (Å²) < 4.78 is 0. The Bertz CT molecular complexity index is 666. The molecule has 0 unspecified atom stereocenters. The van der Waals surface area contributed by atoms with Crippen LogP contribution >= 0.6 is 0 Å². The quantitative estimate of drug-likeness (QED) is 0.759. The van der Waals surface area contributed by atoms with Crippen molar-refractivity contribution in [1.29, 1.82) is 0 Å². The number of benzene rings is 1. The van der Waals surface area contributed by atoms with Crippen LogP contribution in [0, 0.1) is 26.2 Å². The zero-order valence-corrected chi connectivity index (χ0v) is 9.61. The molecule has 0 bridgehead atoms. The summed E-state index contributed by atoms with van der Waals surface area (Å²) in [6, 6.07) is 5.21. The summed E-state index contributed by atoms with van der Waals surface area (Å²) in [6.45, 7) is 3.56. The van der Waals surface area contributed by atoms with Crippen LogP contribution in [0.3, 0.4) is 0 Å². The third-order valence-electron chi connectivity index (χ3n) is 2.85. The highest BCUT2D eigenvalue weighted by molar-refractivity contribution is 6.04. The van der Waals surface area contributed by atoms with E-state index < -0.39 is 5.97 Å². The Morgan fingerprint density at radius 1 is 1.41 bits per heavy atom. The summed E-state index contributed by atoms with van der Waals surface area (Å²) in [6.07, 6.45) is 5.32. The van der Waals surface area contributed by atoms with Crippen molar-refractivity contribution in [3.63, 3.8) is 0 Å². The molecule has 2 aromatic rings. The maximum atomic E-state index is 11.3. The summed E-state index contributed by atoms with van der Waals surface area (Å²) in [5.74, 6) is 1.55. The zero-order valence-electron chi connectivity index (χ0n) is 9.61. The van der Waals surface area contributed by atoms with Gasteiger partial charge in [0.15, 0.2) is 0 Å². The average Bonchev–Trinajstić information content (AvgIpc) is 2.29. The third-order valence-corrected chi connectivity index (χ3v) is 2.85. The first-order valence-corrected chi connectivity index (χ1v) is 5.15. The summed E-state index contributed by atoms with van der Waals surface area (Å²) in [5, 5.41) is 9.87. The Morgan fingerprint density at radius 3 is 2.71 bits per heavy atom. The van der Waals surface area contributed by atoms with Gasteiger partial charge >= 0.3 is 5.97 Å². The van der Waals surface area contributed by atoms with Crippen LogP contribution in [-0.2, 0) is 0 Å². The van der Waals surface area contributed by atoms with Crippen LogP contribution in [-0.4, -0.2) is 16.1 Å². The molecule has 0 atom stereocenters. The van der Waals surface area contributed by atoms with Gasteiger partial charge in [-0.1, -0.05) is 5.92 Å². The molecule has 0 saturated heterocycles. The van der Waals surface area contributed by atoms with Gasteiger partial charge in [0.1, 0.15) is 0 Å². The standard InChI is InChI=1S/C14H11NO2/c1-4-10-5-6-12-11(7-10)13(14(16)17)8(2)9(3)15-12/h1,5-7H,2-3H3,(H,16,17). The number of terminal acetylenes is 1. The SMILES string of the molecule is C#Cc1ccc2nc(C)c(C)c(C(=O)O)c2c1. The van der Waals surface area contributed by atoms with Crippen LogP contribution in [0.4, 0.5) is 0 Å². The predicted molar refractivity (Wildman–Crippen MR) is 66.1 cm³/mol. The van der Waals surface area contributed by atoms with Crippen LogP contribution in [0.25, 0.3) is 10.9 Å². The van der Waals surface area contributed by atoms with Crippen molar-refractivity contribution in [2.75, 3.05) is 0 Å². The van der Waals surface area contributed by atoms with Crippen molar-refractivity contribution in [2.24, 2.45) is 0 Å². The molecular formula is C14H11NO2. The topological polar surface area (TPSA) is 50.2 Å². The van der Waals surface area contributed by atoms with E-state index in [4.69, 9.17) is 6.42 Å². The molecule has 1 aromatic heterocycles. The van der Waals surface area contributed by atoms with E-state index in [1.54, 1.807) is 32.0 Å². The lowest BCUT2D eigenvalue weighted by Crippen LogP contribution is -2.05. The van der Waals surface area contributed by atoms with Crippen molar-refractivity contribution in [2.45, 2.75) is 13.8 Å². The Kier molecular flexibility index (Phi) is 2.57. The number of nitrogens with zero attached hydrogens (tertiary/aromatic N) is 1.